The molecule has 0 spiro atoms. The van der Waals surface area contributed by atoms with E-state index in [9.17, 15) is 18.0 Å². The Morgan fingerprint density at radius 1 is 1.10 bits per heavy atom. The topological polar surface area (TPSA) is 126 Å². The maximum Gasteiger partial charge on any atom is 0.257 e. The fourth-order valence-corrected chi connectivity index (χ4v) is 5.87. The van der Waals surface area contributed by atoms with Crippen LogP contribution in [0.4, 0.5) is 14.5 Å². The van der Waals surface area contributed by atoms with Gasteiger partial charge < -0.3 is 10.7 Å². The number of aromatic amines is 1. The van der Waals surface area contributed by atoms with Crippen molar-refractivity contribution in [3.63, 3.8) is 0 Å². The minimum atomic E-state index is -4.40. The lowest BCUT2D eigenvalue weighted by Gasteiger charge is -2.27. The molecule has 1 amide bonds. The van der Waals surface area contributed by atoms with Crippen LogP contribution in [0.3, 0.4) is 0 Å². The molecule has 0 bridgehead atoms. The highest BCUT2D eigenvalue weighted by Gasteiger charge is 2.37. The number of carbonyl (C=O) groups is 2. The van der Waals surface area contributed by atoms with Crippen LogP contribution < -0.4 is 10.0 Å². The molecule has 2 aromatic carbocycles. The van der Waals surface area contributed by atoms with E-state index in [4.69, 9.17) is 17.3 Å². The van der Waals surface area contributed by atoms with E-state index in [0.29, 0.717) is 16.2 Å². The smallest absolute Gasteiger partial charge is 0.257 e. The number of ketones is 1. The third-order valence-electron chi connectivity index (χ3n) is 6.41. The summed E-state index contributed by atoms with van der Waals surface area (Å²) in [5.74, 6) is -5.85. The number of hydrogen-bond donors (Lipinski definition) is 2. The van der Waals surface area contributed by atoms with Gasteiger partial charge in [0.2, 0.25) is 15.8 Å². The molecule has 0 saturated carbocycles. The first kappa shape index (κ1) is 32.1. The van der Waals surface area contributed by atoms with Crippen LogP contribution in [0.25, 0.3) is 22.2 Å². The van der Waals surface area contributed by atoms with E-state index in [1.165, 1.54) is 6.20 Å². The van der Waals surface area contributed by atoms with Crippen molar-refractivity contribution in [1.29, 1.82) is 0 Å². The van der Waals surface area contributed by atoms with Gasteiger partial charge >= 0.3 is 0 Å². The van der Waals surface area contributed by atoms with Crippen molar-refractivity contribution in [2.24, 2.45) is 11.7 Å². The second-order valence-corrected chi connectivity index (χ2v) is 12.0. The number of pyridine rings is 1. The Bertz CT molecular complexity index is 1710. The average Bonchev–Trinajstić information content (AvgIpc) is 3.33. The van der Waals surface area contributed by atoms with E-state index in [2.05, 4.69) is 9.97 Å². The highest BCUT2D eigenvalue weighted by Crippen LogP contribution is 2.32. The maximum absolute atomic E-state index is 16.0. The van der Waals surface area contributed by atoms with Crippen molar-refractivity contribution >= 4 is 62.4 Å². The number of halogens is 4. The molecule has 0 saturated heterocycles. The molecule has 0 aliphatic carbocycles. The first-order chi connectivity index (χ1) is 18.9. The number of amides is 1. The highest BCUT2D eigenvalue weighted by molar-refractivity contribution is 7.93. The summed E-state index contributed by atoms with van der Waals surface area (Å²) in [5, 5.41) is 0.818. The molecule has 0 fully saturated rings. The van der Waals surface area contributed by atoms with Crippen LogP contribution in [0, 0.1) is 17.6 Å². The molecular weight excluding hydrogens is 597 g/mol. The van der Waals surface area contributed by atoms with E-state index in [0.717, 1.165) is 17.7 Å². The normalized spacial score (nSPS) is 12.3. The average molecular weight is 626 g/mol. The minimum absolute atomic E-state index is 0. The Hall–Kier alpha value is -3.38. The quantitative estimate of drug-likeness (QED) is 0.224. The third-order valence-corrected chi connectivity index (χ3v) is 8.52. The Balaban J connectivity index is 0.00000462. The van der Waals surface area contributed by atoms with Gasteiger partial charge in [-0.1, -0.05) is 44.5 Å². The summed E-state index contributed by atoms with van der Waals surface area (Å²) in [4.78, 5) is 33.9. The zero-order chi connectivity index (χ0) is 29.4. The number of benzene rings is 2. The van der Waals surface area contributed by atoms with Crippen molar-refractivity contribution in [3.05, 3.63) is 82.6 Å². The van der Waals surface area contributed by atoms with Crippen molar-refractivity contribution in [1.82, 2.24) is 9.97 Å². The van der Waals surface area contributed by atoms with Crippen LogP contribution >= 0.6 is 24.0 Å². The number of rotatable bonds is 9. The standard InChI is InChI=1S/C28H27ClF2N4O4S.ClH/c1-4-11-40(38,39)35(28(37)25(32)15(2)3)22-10-9-21(30)23(24(22)31)26(36)20-14-34-27-19(20)12-17(13-33-27)16-5-7-18(29)8-6-16;/h5-10,12-15,25H,4,11,32H2,1-3H3,(H,33,34);1H/t25-;/m0./s1. The number of nitrogens with two attached hydrogens (primary N) is 1. The summed E-state index contributed by atoms with van der Waals surface area (Å²) in [6.45, 7) is 4.78. The number of carbonyl (C=O) groups excluding carboxylic acids is 2. The van der Waals surface area contributed by atoms with E-state index in [1.54, 1.807) is 57.3 Å². The molecular formula is C28H28Cl2F2N4O4S. The van der Waals surface area contributed by atoms with E-state index in [-0.39, 0.29) is 34.1 Å². The molecule has 8 nitrogen and oxygen atoms in total. The third kappa shape index (κ3) is 6.28. The summed E-state index contributed by atoms with van der Waals surface area (Å²) in [6.07, 6.45) is 2.96. The lowest BCUT2D eigenvalue weighted by Crippen LogP contribution is -2.50. The number of nitrogens with zero attached hydrogens (tertiary/aromatic N) is 2. The van der Waals surface area contributed by atoms with Gasteiger partial charge in [-0.25, -0.2) is 26.5 Å². The first-order valence-corrected chi connectivity index (χ1v) is 14.4. The van der Waals surface area contributed by atoms with Gasteiger partial charge in [0.25, 0.3) is 5.91 Å². The van der Waals surface area contributed by atoms with E-state index >= 15 is 8.78 Å². The largest absolute Gasteiger partial charge is 0.345 e. The molecule has 218 valence electrons. The number of hydrogen-bond acceptors (Lipinski definition) is 6. The number of sulfonamides is 1. The predicted molar refractivity (Wildman–Crippen MR) is 158 cm³/mol. The van der Waals surface area contributed by atoms with Crippen molar-refractivity contribution in [3.8, 4) is 11.1 Å². The summed E-state index contributed by atoms with van der Waals surface area (Å²) in [6, 6.07) is 8.80. The minimum Gasteiger partial charge on any atom is -0.345 e. The van der Waals surface area contributed by atoms with Crippen LogP contribution in [0.5, 0.6) is 0 Å². The molecule has 13 heteroatoms. The van der Waals surface area contributed by atoms with Gasteiger partial charge in [-0.15, -0.1) is 12.4 Å². The van der Waals surface area contributed by atoms with E-state index < -0.39 is 62.3 Å². The number of nitrogens with one attached hydrogen (secondary N) is 1. The Kier molecular flexibility index (Phi) is 9.91. The summed E-state index contributed by atoms with van der Waals surface area (Å²) < 4.78 is 57.5. The molecule has 4 rings (SSSR count). The van der Waals surface area contributed by atoms with Crippen molar-refractivity contribution in [2.45, 2.75) is 33.2 Å². The number of fused-ring (bicyclic) bond motifs is 1. The molecule has 41 heavy (non-hydrogen) atoms. The van der Waals surface area contributed by atoms with Gasteiger partial charge in [0.05, 0.1) is 23.0 Å². The van der Waals surface area contributed by atoms with Crippen molar-refractivity contribution in [2.75, 3.05) is 10.1 Å². The summed E-state index contributed by atoms with van der Waals surface area (Å²) >= 11 is 5.97. The van der Waals surface area contributed by atoms with Gasteiger partial charge in [0.15, 0.2) is 5.82 Å². The molecule has 2 aromatic heterocycles. The van der Waals surface area contributed by atoms with Crippen LogP contribution in [-0.2, 0) is 14.8 Å². The maximum atomic E-state index is 16.0. The molecule has 0 aliphatic rings. The second kappa shape index (κ2) is 12.6. The SMILES string of the molecule is CCCS(=O)(=O)N(C(=O)[C@@H](N)C(C)C)c1ccc(F)c(C(=O)c2c[nH]c3ncc(-c4ccc(Cl)cc4)cc23)c1F.Cl. The highest BCUT2D eigenvalue weighted by atomic mass is 35.5. The predicted octanol–water partition coefficient (Wildman–Crippen LogP) is 5.87. The second-order valence-electron chi connectivity index (χ2n) is 9.60. The Labute approximate surface area is 247 Å². The van der Waals surface area contributed by atoms with Crippen LogP contribution in [0.2, 0.25) is 5.02 Å². The fourth-order valence-electron chi connectivity index (χ4n) is 4.21. The lowest BCUT2D eigenvalue weighted by molar-refractivity contribution is -0.119. The van der Waals surface area contributed by atoms with Crippen LogP contribution in [-0.4, -0.2) is 41.9 Å². The van der Waals surface area contributed by atoms with Gasteiger partial charge in [-0.2, -0.15) is 0 Å². The van der Waals surface area contributed by atoms with E-state index in [1.807, 2.05) is 0 Å². The summed E-state index contributed by atoms with van der Waals surface area (Å²) in [7, 11) is -4.40. The van der Waals surface area contributed by atoms with Gasteiger partial charge in [0, 0.05) is 33.9 Å². The summed E-state index contributed by atoms with van der Waals surface area (Å²) in [5.41, 5.74) is 5.71. The van der Waals surface area contributed by atoms with Crippen LogP contribution in [0.15, 0.2) is 54.9 Å². The van der Waals surface area contributed by atoms with Crippen molar-refractivity contribution < 1.29 is 26.8 Å². The van der Waals surface area contributed by atoms with Gasteiger partial charge in [0.1, 0.15) is 11.5 Å². The monoisotopic (exact) mass is 624 g/mol. The molecule has 0 unspecified atom stereocenters. The molecule has 2 heterocycles. The molecule has 4 aromatic rings. The molecule has 0 aliphatic heterocycles. The first-order valence-electron chi connectivity index (χ1n) is 12.5. The Morgan fingerprint density at radius 3 is 2.37 bits per heavy atom. The molecule has 1 atom stereocenters. The zero-order valence-corrected chi connectivity index (χ0v) is 24.7. The number of aromatic nitrogens is 2. The zero-order valence-electron chi connectivity index (χ0n) is 22.3. The molecule has 0 radical (unpaired) electrons. The van der Waals surface area contributed by atoms with Gasteiger partial charge in [-0.3, -0.25) is 9.59 Å². The fraction of sp³-hybridized carbons (Fsp3) is 0.250. The number of anilines is 1. The van der Waals surface area contributed by atoms with Crippen LogP contribution in [0.1, 0.15) is 43.1 Å². The lowest BCUT2D eigenvalue weighted by atomic mass is 9.99. The van der Waals surface area contributed by atoms with Gasteiger partial charge in [-0.05, 0) is 48.2 Å². The molecule has 3 N–H and O–H groups in total. The Morgan fingerprint density at radius 2 is 1.76 bits per heavy atom. The number of H-pyrrole nitrogens is 1.